The first-order valence-corrected chi connectivity index (χ1v) is 10.4. The van der Waals surface area contributed by atoms with Crippen molar-refractivity contribution in [2.45, 2.75) is 39.8 Å². The standard InChI is InChI=1S/C23H29N3O6/c1-5-19(23(28)24-6-2)25(14-17-10-8-7-9-16(17)3)22(27)15-32-18-11-12-20(26(29)30)21(13-18)31-4/h7-13,19H,5-6,14-15H2,1-4H3,(H,24,28)/t19-/m0/s1. The molecule has 0 saturated carbocycles. The number of aryl methyl sites for hydroxylation is 1. The van der Waals surface area contributed by atoms with Crippen LogP contribution in [0, 0.1) is 17.0 Å². The summed E-state index contributed by atoms with van der Waals surface area (Å²) in [4.78, 5) is 37.8. The Morgan fingerprint density at radius 2 is 1.91 bits per heavy atom. The Labute approximate surface area is 187 Å². The van der Waals surface area contributed by atoms with Gasteiger partial charge in [-0.3, -0.25) is 19.7 Å². The molecule has 0 aliphatic carbocycles. The SMILES string of the molecule is CCNC(=O)[C@H](CC)N(Cc1ccccc1C)C(=O)COc1ccc([N+](=O)[O-])c(OC)c1. The van der Waals surface area contributed by atoms with Crippen LogP contribution >= 0.6 is 0 Å². The Morgan fingerprint density at radius 3 is 2.50 bits per heavy atom. The molecule has 0 saturated heterocycles. The molecule has 2 rings (SSSR count). The topological polar surface area (TPSA) is 111 Å². The number of nitro groups is 1. The highest BCUT2D eigenvalue weighted by atomic mass is 16.6. The lowest BCUT2D eigenvalue weighted by Crippen LogP contribution is -2.50. The van der Waals surface area contributed by atoms with E-state index in [9.17, 15) is 19.7 Å². The number of benzene rings is 2. The third-order valence-electron chi connectivity index (χ3n) is 5.05. The van der Waals surface area contributed by atoms with Crippen LogP contribution in [0.4, 0.5) is 5.69 Å². The molecule has 0 heterocycles. The van der Waals surface area contributed by atoms with Gasteiger partial charge in [-0.05, 0) is 37.5 Å². The predicted molar refractivity (Wildman–Crippen MR) is 120 cm³/mol. The monoisotopic (exact) mass is 443 g/mol. The maximum Gasteiger partial charge on any atom is 0.311 e. The third kappa shape index (κ3) is 6.19. The minimum absolute atomic E-state index is 0.0328. The van der Waals surface area contributed by atoms with Crippen LogP contribution in [0.25, 0.3) is 0 Å². The summed E-state index contributed by atoms with van der Waals surface area (Å²) in [5, 5.41) is 13.8. The summed E-state index contributed by atoms with van der Waals surface area (Å²) >= 11 is 0. The number of ether oxygens (including phenoxy) is 2. The van der Waals surface area contributed by atoms with Gasteiger partial charge in [0.2, 0.25) is 11.7 Å². The average molecular weight is 444 g/mol. The molecule has 9 nitrogen and oxygen atoms in total. The van der Waals surface area contributed by atoms with Gasteiger partial charge in [-0.15, -0.1) is 0 Å². The van der Waals surface area contributed by atoms with Crippen LogP contribution in [0.1, 0.15) is 31.4 Å². The summed E-state index contributed by atoms with van der Waals surface area (Å²) in [6.45, 7) is 6.01. The van der Waals surface area contributed by atoms with Gasteiger partial charge >= 0.3 is 5.69 Å². The Balaban J connectivity index is 2.24. The van der Waals surface area contributed by atoms with Crippen LogP contribution < -0.4 is 14.8 Å². The molecular formula is C23H29N3O6. The lowest BCUT2D eigenvalue weighted by Gasteiger charge is -2.31. The highest BCUT2D eigenvalue weighted by Crippen LogP contribution is 2.30. The van der Waals surface area contributed by atoms with Gasteiger partial charge in [0.1, 0.15) is 11.8 Å². The molecule has 0 radical (unpaired) electrons. The van der Waals surface area contributed by atoms with Gasteiger partial charge in [-0.1, -0.05) is 31.2 Å². The zero-order valence-corrected chi connectivity index (χ0v) is 18.8. The minimum atomic E-state index is -0.656. The van der Waals surface area contributed by atoms with Crippen LogP contribution in [0.3, 0.4) is 0 Å². The number of nitrogens with one attached hydrogen (secondary N) is 1. The molecule has 172 valence electrons. The van der Waals surface area contributed by atoms with Crippen LogP contribution in [0.2, 0.25) is 0 Å². The van der Waals surface area contributed by atoms with Crippen molar-refractivity contribution in [3.8, 4) is 11.5 Å². The van der Waals surface area contributed by atoms with E-state index in [1.54, 1.807) is 0 Å². The average Bonchev–Trinajstić information content (AvgIpc) is 2.78. The summed E-state index contributed by atoms with van der Waals surface area (Å²) in [6.07, 6.45) is 0.439. The molecule has 0 fully saturated rings. The van der Waals surface area contributed by atoms with Crippen molar-refractivity contribution in [2.75, 3.05) is 20.3 Å². The Morgan fingerprint density at radius 1 is 1.19 bits per heavy atom. The maximum absolute atomic E-state index is 13.2. The van der Waals surface area contributed by atoms with Gasteiger partial charge < -0.3 is 19.7 Å². The van der Waals surface area contributed by atoms with Crippen LogP contribution in [0.5, 0.6) is 11.5 Å². The number of carbonyl (C=O) groups is 2. The molecule has 0 unspecified atom stereocenters. The largest absolute Gasteiger partial charge is 0.490 e. The summed E-state index contributed by atoms with van der Waals surface area (Å²) in [5.74, 6) is -0.314. The van der Waals surface area contributed by atoms with Crippen LogP contribution in [-0.2, 0) is 16.1 Å². The molecule has 1 N–H and O–H groups in total. The molecule has 32 heavy (non-hydrogen) atoms. The van der Waals surface area contributed by atoms with Crippen LogP contribution in [-0.4, -0.2) is 47.9 Å². The van der Waals surface area contributed by atoms with Crippen molar-refractivity contribution in [1.29, 1.82) is 0 Å². The Kier molecular flexibility index (Phi) is 9.00. The molecule has 2 aromatic rings. The van der Waals surface area contributed by atoms with E-state index in [2.05, 4.69) is 5.32 Å². The zero-order chi connectivity index (χ0) is 23.7. The molecule has 0 aromatic heterocycles. The van der Waals surface area contributed by atoms with Gasteiger partial charge in [0.15, 0.2) is 6.61 Å². The van der Waals surface area contributed by atoms with E-state index in [0.29, 0.717) is 13.0 Å². The van der Waals surface area contributed by atoms with Gasteiger partial charge in [-0.25, -0.2) is 0 Å². The molecule has 0 aliphatic heterocycles. The van der Waals surface area contributed by atoms with E-state index in [0.717, 1.165) is 11.1 Å². The quantitative estimate of drug-likeness (QED) is 0.422. The second-order valence-corrected chi connectivity index (χ2v) is 7.15. The Hall–Kier alpha value is -3.62. The number of amides is 2. The number of nitro benzene ring substituents is 1. The fourth-order valence-electron chi connectivity index (χ4n) is 3.31. The number of rotatable bonds is 11. The smallest absolute Gasteiger partial charge is 0.311 e. The number of likely N-dealkylation sites (N-methyl/N-ethyl adjacent to an activating group) is 1. The van der Waals surface area contributed by atoms with Gasteiger partial charge in [0.05, 0.1) is 12.0 Å². The number of methoxy groups -OCH3 is 1. The normalized spacial score (nSPS) is 11.4. The number of hydrogen-bond acceptors (Lipinski definition) is 6. The van der Waals surface area contributed by atoms with Crippen molar-refractivity contribution in [2.24, 2.45) is 0 Å². The molecule has 0 aliphatic rings. The molecule has 2 aromatic carbocycles. The third-order valence-corrected chi connectivity index (χ3v) is 5.05. The lowest BCUT2D eigenvalue weighted by atomic mass is 10.1. The van der Waals surface area contributed by atoms with Crippen molar-refractivity contribution >= 4 is 17.5 Å². The van der Waals surface area contributed by atoms with Crippen molar-refractivity contribution < 1.29 is 24.0 Å². The van der Waals surface area contributed by atoms with Gasteiger partial charge in [0.25, 0.3) is 5.91 Å². The maximum atomic E-state index is 13.2. The highest BCUT2D eigenvalue weighted by Gasteiger charge is 2.29. The van der Waals surface area contributed by atoms with E-state index >= 15 is 0 Å². The number of carbonyl (C=O) groups excluding carboxylic acids is 2. The first-order valence-electron chi connectivity index (χ1n) is 10.4. The fraction of sp³-hybridized carbons (Fsp3) is 0.391. The first-order chi connectivity index (χ1) is 15.3. The van der Waals surface area contributed by atoms with Crippen LogP contribution in [0.15, 0.2) is 42.5 Å². The van der Waals surface area contributed by atoms with Crippen molar-refractivity contribution in [3.63, 3.8) is 0 Å². The Bertz CT molecular complexity index is 962. The number of hydrogen-bond donors (Lipinski definition) is 1. The lowest BCUT2D eigenvalue weighted by molar-refractivity contribution is -0.385. The second kappa shape index (κ2) is 11.7. The fourth-order valence-corrected chi connectivity index (χ4v) is 3.31. The summed E-state index contributed by atoms with van der Waals surface area (Å²) in [7, 11) is 1.32. The zero-order valence-electron chi connectivity index (χ0n) is 18.8. The van der Waals surface area contributed by atoms with E-state index < -0.39 is 11.0 Å². The van der Waals surface area contributed by atoms with E-state index in [-0.39, 0.29) is 42.2 Å². The predicted octanol–water partition coefficient (Wildman–Crippen LogP) is 3.23. The minimum Gasteiger partial charge on any atom is -0.490 e. The van der Waals surface area contributed by atoms with Crippen molar-refractivity contribution in [1.82, 2.24) is 10.2 Å². The summed E-state index contributed by atoms with van der Waals surface area (Å²) < 4.78 is 10.6. The molecule has 9 heteroatoms. The van der Waals surface area contributed by atoms with E-state index in [1.807, 2.05) is 45.0 Å². The van der Waals surface area contributed by atoms with Gasteiger partial charge in [0, 0.05) is 25.2 Å². The van der Waals surface area contributed by atoms with E-state index in [1.165, 1.54) is 30.2 Å². The van der Waals surface area contributed by atoms with Crippen molar-refractivity contribution in [3.05, 3.63) is 63.7 Å². The number of nitrogens with zero attached hydrogens (tertiary/aromatic N) is 2. The molecule has 0 bridgehead atoms. The van der Waals surface area contributed by atoms with Gasteiger partial charge in [-0.2, -0.15) is 0 Å². The molecular weight excluding hydrogens is 414 g/mol. The summed E-state index contributed by atoms with van der Waals surface area (Å²) in [5.41, 5.74) is 1.74. The second-order valence-electron chi connectivity index (χ2n) is 7.15. The molecule has 0 spiro atoms. The highest BCUT2D eigenvalue weighted by molar-refractivity contribution is 5.88. The first kappa shape index (κ1) is 24.6. The summed E-state index contributed by atoms with van der Waals surface area (Å²) in [6, 6.07) is 11.0. The molecule has 1 atom stereocenters. The van der Waals surface area contributed by atoms with E-state index in [4.69, 9.17) is 9.47 Å². The molecule has 2 amide bonds.